The largest absolute Gasteiger partial charge is 0.265 e. The van der Waals surface area contributed by atoms with Crippen LogP contribution in [0.3, 0.4) is 0 Å². The summed E-state index contributed by atoms with van der Waals surface area (Å²) in [6, 6.07) is 13.8. The molecule has 0 saturated heterocycles. The first-order chi connectivity index (χ1) is 8.45. The van der Waals surface area contributed by atoms with Crippen LogP contribution in [0.5, 0.6) is 0 Å². The lowest BCUT2D eigenvalue weighted by molar-refractivity contribution is 0.944. The van der Waals surface area contributed by atoms with Crippen LogP contribution in [0.4, 0.5) is 0 Å². The van der Waals surface area contributed by atoms with Crippen LogP contribution in [0.1, 0.15) is 0 Å². The summed E-state index contributed by atoms with van der Waals surface area (Å²) in [5.74, 6) is 0. The van der Waals surface area contributed by atoms with Crippen LogP contribution < -0.4 is 0 Å². The van der Waals surface area contributed by atoms with Gasteiger partial charge in [0.15, 0.2) is 0 Å². The van der Waals surface area contributed by atoms with Crippen LogP contribution in [0.15, 0.2) is 54.9 Å². The minimum absolute atomic E-state index is 0.846. The Labute approximate surface area is 98.4 Å². The summed E-state index contributed by atoms with van der Waals surface area (Å²) in [6.45, 7) is 0. The molecule has 1 aromatic carbocycles. The van der Waals surface area contributed by atoms with Crippen LogP contribution in [-0.2, 0) is 0 Å². The Morgan fingerprint density at radius 1 is 0.706 bits per heavy atom. The first kappa shape index (κ1) is 9.72. The molecule has 3 rings (SSSR count). The summed E-state index contributed by atoms with van der Waals surface area (Å²) in [5.41, 5.74) is 3.76. The van der Waals surface area contributed by atoms with E-state index in [4.69, 9.17) is 0 Å². The summed E-state index contributed by atoms with van der Waals surface area (Å²) in [5, 5.41) is 11.1. The molecule has 0 fully saturated rings. The van der Waals surface area contributed by atoms with Gasteiger partial charge in [0.05, 0.1) is 0 Å². The highest BCUT2D eigenvalue weighted by Crippen LogP contribution is 2.27. The van der Waals surface area contributed by atoms with E-state index in [2.05, 4.69) is 20.4 Å². The summed E-state index contributed by atoms with van der Waals surface area (Å²) in [6.07, 6.45) is 3.50. The van der Waals surface area contributed by atoms with E-state index in [1.807, 2.05) is 42.5 Å². The normalized spacial score (nSPS) is 10.4. The molecule has 1 N–H and O–H groups in total. The number of nitrogens with zero attached hydrogens (tertiary/aromatic N) is 3. The van der Waals surface area contributed by atoms with E-state index in [-0.39, 0.29) is 0 Å². The summed E-state index contributed by atoms with van der Waals surface area (Å²) in [7, 11) is 0. The van der Waals surface area contributed by atoms with Gasteiger partial charge in [-0.05, 0) is 12.1 Å². The topological polar surface area (TPSA) is 54.5 Å². The maximum Gasteiger partial charge on any atom is 0.120 e. The van der Waals surface area contributed by atoms with Gasteiger partial charge in [0.1, 0.15) is 11.4 Å². The van der Waals surface area contributed by atoms with Crippen LogP contribution in [0.25, 0.3) is 22.5 Å². The number of nitrogens with one attached hydrogen (secondary N) is 1. The van der Waals surface area contributed by atoms with Crippen LogP contribution >= 0.6 is 0 Å². The zero-order chi connectivity index (χ0) is 11.5. The average Bonchev–Trinajstić information content (AvgIpc) is 2.90. The predicted octanol–water partition coefficient (Wildman–Crippen LogP) is 2.53. The van der Waals surface area contributed by atoms with Crippen molar-refractivity contribution in [2.75, 3.05) is 0 Å². The molecule has 2 aromatic heterocycles. The highest BCUT2D eigenvalue weighted by molar-refractivity contribution is 5.76. The SMILES string of the molecule is c1ccc(-c2n[nH]nc2-c2ccncc2)cc1. The van der Waals surface area contributed by atoms with E-state index < -0.39 is 0 Å². The Balaban J connectivity index is 2.13. The molecule has 4 heteroatoms. The van der Waals surface area contributed by atoms with Gasteiger partial charge in [-0.25, -0.2) is 0 Å². The number of aromatic amines is 1. The van der Waals surface area contributed by atoms with Crippen LogP contribution in [0.2, 0.25) is 0 Å². The van der Waals surface area contributed by atoms with E-state index in [0.29, 0.717) is 0 Å². The molecule has 0 bridgehead atoms. The second kappa shape index (κ2) is 4.17. The summed E-state index contributed by atoms with van der Waals surface area (Å²) < 4.78 is 0. The first-order valence-electron chi connectivity index (χ1n) is 5.32. The van der Waals surface area contributed by atoms with Gasteiger partial charge >= 0.3 is 0 Å². The molecule has 3 aromatic rings. The third-order valence-corrected chi connectivity index (χ3v) is 2.55. The Morgan fingerprint density at radius 2 is 1.29 bits per heavy atom. The van der Waals surface area contributed by atoms with Crippen molar-refractivity contribution < 1.29 is 0 Å². The third kappa shape index (κ3) is 1.80. The quantitative estimate of drug-likeness (QED) is 0.724. The number of H-pyrrole nitrogens is 1. The van der Waals surface area contributed by atoms with Crippen molar-refractivity contribution in [1.82, 2.24) is 20.4 Å². The lowest BCUT2D eigenvalue weighted by atomic mass is 10.1. The standard InChI is InChI=1S/C13H10N4/c1-2-4-10(5-3-1)12-13(16-17-15-12)11-6-8-14-9-7-11/h1-9H,(H,15,16,17). The number of pyridine rings is 1. The van der Waals surface area contributed by atoms with Gasteiger partial charge in [0.2, 0.25) is 0 Å². The fourth-order valence-corrected chi connectivity index (χ4v) is 1.74. The van der Waals surface area contributed by atoms with Gasteiger partial charge in [0.25, 0.3) is 0 Å². The van der Waals surface area contributed by atoms with Crippen molar-refractivity contribution in [1.29, 1.82) is 0 Å². The Bertz CT molecular complexity index is 548. The molecule has 0 saturated carbocycles. The zero-order valence-electron chi connectivity index (χ0n) is 9.04. The number of benzene rings is 1. The first-order valence-corrected chi connectivity index (χ1v) is 5.32. The maximum absolute atomic E-state index is 4.21. The third-order valence-electron chi connectivity index (χ3n) is 2.55. The maximum atomic E-state index is 4.21. The monoisotopic (exact) mass is 222 g/mol. The molecule has 0 amide bonds. The van der Waals surface area contributed by atoms with Gasteiger partial charge in [-0.2, -0.15) is 15.4 Å². The van der Waals surface area contributed by atoms with Gasteiger partial charge in [0, 0.05) is 23.5 Å². The Kier molecular flexibility index (Phi) is 2.38. The summed E-state index contributed by atoms with van der Waals surface area (Å²) in [4.78, 5) is 4.00. The van der Waals surface area contributed by atoms with Crippen molar-refractivity contribution in [2.24, 2.45) is 0 Å². The number of aromatic nitrogens is 4. The minimum Gasteiger partial charge on any atom is -0.265 e. The number of rotatable bonds is 2. The van der Waals surface area contributed by atoms with Crippen LogP contribution in [-0.4, -0.2) is 20.4 Å². The van der Waals surface area contributed by atoms with Crippen molar-refractivity contribution in [3.05, 3.63) is 54.9 Å². The molecule has 0 aliphatic carbocycles. The Morgan fingerprint density at radius 3 is 1.94 bits per heavy atom. The van der Waals surface area contributed by atoms with E-state index in [9.17, 15) is 0 Å². The van der Waals surface area contributed by atoms with Crippen molar-refractivity contribution in [3.8, 4) is 22.5 Å². The lowest BCUT2D eigenvalue weighted by Gasteiger charge is -2.00. The zero-order valence-corrected chi connectivity index (χ0v) is 9.04. The molecule has 0 spiro atoms. The molecule has 0 radical (unpaired) electrons. The molecular weight excluding hydrogens is 212 g/mol. The van der Waals surface area contributed by atoms with Crippen molar-refractivity contribution in [2.45, 2.75) is 0 Å². The smallest absolute Gasteiger partial charge is 0.120 e. The highest BCUT2D eigenvalue weighted by Gasteiger charge is 2.11. The molecule has 0 aliphatic rings. The van der Waals surface area contributed by atoms with Crippen molar-refractivity contribution >= 4 is 0 Å². The average molecular weight is 222 g/mol. The van der Waals surface area contributed by atoms with E-state index in [0.717, 1.165) is 22.5 Å². The van der Waals surface area contributed by atoms with Gasteiger partial charge in [-0.3, -0.25) is 4.98 Å². The molecule has 0 aliphatic heterocycles. The van der Waals surface area contributed by atoms with E-state index >= 15 is 0 Å². The van der Waals surface area contributed by atoms with Crippen LogP contribution in [0, 0.1) is 0 Å². The second-order valence-corrected chi connectivity index (χ2v) is 3.62. The van der Waals surface area contributed by atoms with Gasteiger partial charge in [-0.1, -0.05) is 30.3 Å². The lowest BCUT2D eigenvalue weighted by Crippen LogP contribution is -1.83. The van der Waals surface area contributed by atoms with Gasteiger partial charge < -0.3 is 0 Å². The molecular formula is C13H10N4. The highest BCUT2D eigenvalue weighted by atomic mass is 15.3. The molecule has 82 valence electrons. The predicted molar refractivity (Wildman–Crippen MR) is 65.0 cm³/mol. The van der Waals surface area contributed by atoms with E-state index in [1.54, 1.807) is 12.4 Å². The molecule has 2 heterocycles. The van der Waals surface area contributed by atoms with E-state index in [1.165, 1.54) is 0 Å². The van der Waals surface area contributed by atoms with Crippen molar-refractivity contribution in [3.63, 3.8) is 0 Å². The number of hydrogen-bond donors (Lipinski definition) is 1. The number of hydrogen-bond acceptors (Lipinski definition) is 3. The fourth-order valence-electron chi connectivity index (χ4n) is 1.74. The minimum atomic E-state index is 0.846. The molecule has 0 unspecified atom stereocenters. The second-order valence-electron chi connectivity index (χ2n) is 3.62. The summed E-state index contributed by atoms with van der Waals surface area (Å²) >= 11 is 0. The fraction of sp³-hybridized carbons (Fsp3) is 0. The molecule has 0 atom stereocenters. The molecule has 17 heavy (non-hydrogen) atoms. The Hall–Kier alpha value is -2.49. The van der Waals surface area contributed by atoms with Gasteiger partial charge in [-0.15, -0.1) is 0 Å². The molecule has 4 nitrogen and oxygen atoms in total.